The maximum atomic E-state index is 11.4. The molecule has 0 aliphatic heterocycles. The minimum Gasteiger partial charge on any atom is -0.743 e. The van der Waals surface area contributed by atoms with E-state index in [0.29, 0.717) is 0 Å². The first-order valence-electron chi connectivity index (χ1n) is 5.64. The number of nitrogens with zero attached hydrogens (tertiary/aromatic N) is 2. The summed E-state index contributed by atoms with van der Waals surface area (Å²) >= 11 is 0. The van der Waals surface area contributed by atoms with Crippen LogP contribution >= 0.6 is 0 Å². The standard InChI is InChI=1S/C8H15N2.C2H2F4O3S/c1-3-4-5-10-7-6-9(2)8-10;3-1(4)2(5,6)10(7,8)9/h6-8H,3-5H2,1-2H3;1H,(H,7,8,9)/q+1;/p-1. The van der Waals surface area contributed by atoms with Gasteiger partial charge in [0.05, 0.1) is 13.6 Å². The predicted molar refractivity (Wildman–Crippen MR) is 61.2 cm³/mol. The van der Waals surface area contributed by atoms with Gasteiger partial charge < -0.3 is 4.55 Å². The Kier molecular flexibility index (Phi) is 7.14. The molecular weight excluding hydrogens is 304 g/mol. The molecular formula is C10H16F4N2O3S. The molecule has 0 fully saturated rings. The molecule has 1 aromatic heterocycles. The summed E-state index contributed by atoms with van der Waals surface area (Å²) in [5, 5.41) is -5.48. The molecule has 5 nitrogen and oxygen atoms in total. The van der Waals surface area contributed by atoms with Gasteiger partial charge >= 0.3 is 11.7 Å². The van der Waals surface area contributed by atoms with E-state index in [9.17, 15) is 30.5 Å². The van der Waals surface area contributed by atoms with Crippen LogP contribution in [0.25, 0.3) is 0 Å². The normalized spacial score (nSPS) is 12.2. The number of aromatic nitrogens is 2. The van der Waals surface area contributed by atoms with Crippen LogP contribution < -0.4 is 4.57 Å². The van der Waals surface area contributed by atoms with Crippen molar-refractivity contribution < 1.29 is 35.1 Å². The lowest BCUT2D eigenvalue weighted by Gasteiger charge is -2.17. The maximum Gasteiger partial charge on any atom is 0.393 e. The second-order valence-corrected chi connectivity index (χ2v) is 5.44. The van der Waals surface area contributed by atoms with Crippen molar-refractivity contribution in [2.45, 2.75) is 38.0 Å². The van der Waals surface area contributed by atoms with Gasteiger partial charge in [-0.25, -0.2) is 26.3 Å². The molecule has 0 aromatic carbocycles. The summed E-state index contributed by atoms with van der Waals surface area (Å²) in [5.41, 5.74) is 0. The number of alkyl halides is 4. The van der Waals surface area contributed by atoms with E-state index in [0.717, 1.165) is 6.54 Å². The number of aryl methyl sites for hydroxylation is 2. The molecule has 1 rings (SSSR count). The summed E-state index contributed by atoms with van der Waals surface area (Å²) < 4.78 is 77.0. The Balaban J connectivity index is 0.000000361. The Hall–Kier alpha value is -1.16. The molecule has 10 heteroatoms. The average Bonchev–Trinajstić information content (AvgIpc) is 2.71. The lowest BCUT2D eigenvalue weighted by molar-refractivity contribution is -0.671. The molecule has 0 N–H and O–H groups in total. The molecule has 0 atom stereocenters. The molecule has 1 aromatic rings. The Bertz CT molecular complexity index is 502. The number of unbranched alkanes of at least 4 members (excludes halogenated alkanes) is 1. The smallest absolute Gasteiger partial charge is 0.393 e. The van der Waals surface area contributed by atoms with Crippen LogP contribution in [0.2, 0.25) is 0 Å². The highest BCUT2D eigenvalue weighted by molar-refractivity contribution is 7.86. The molecule has 0 saturated carbocycles. The van der Waals surface area contributed by atoms with Crippen LogP contribution in [0, 0.1) is 0 Å². The zero-order chi connectivity index (χ0) is 16.0. The van der Waals surface area contributed by atoms with E-state index in [2.05, 4.69) is 34.8 Å². The van der Waals surface area contributed by atoms with Crippen molar-refractivity contribution in [1.29, 1.82) is 0 Å². The van der Waals surface area contributed by atoms with Crippen LogP contribution in [-0.2, 0) is 23.7 Å². The van der Waals surface area contributed by atoms with E-state index in [4.69, 9.17) is 0 Å². The fourth-order valence-corrected chi connectivity index (χ4v) is 1.30. The molecule has 0 aliphatic rings. The molecule has 0 saturated heterocycles. The number of halogens is 4. The third-order valence-electron chi connectivity index (χ3n) is 2.18. The fourth-order valence-electron chi connectivity index (χ4n) is 1.08. The zero-order valence-electron chi connectivity index (χ0n) is 11.0. The van der Waals surface area contributed by atoms with Crippen molar-refractivity contribution in [1.82, 2.24) is 4.57 Å². The number of hydrogen-bond donors (Lipinski definition) is 0. The van der Waals surface area contributed by atoms with Gasteiger partial charge in [0.1, 0.15) is 12.4 Å². The van der Waals surface area contributed by atoms with Gasteiger partial charge in [0.2, 0.25) is 6.33 Å². The summed E-state index contributed by atoms with van der Waals surface area (Å²) in [6.45, 7) is 3.36. The van der Waals surface area contributed by atoms with Gasteiger partial charge in [0.25, 0.3) is 0 Å². The van der Waals surface area contributed by atoms with Crippen LogP contribution in [-0.4, -0.2) is 29.2 Å². The minimum atomic E-state index is -6.23. The predicted octanol–water partition coefficient (Wildman–Crippen LogP) is 1.50. The molecule has 0 amide bonds. The van der Waals surface area contributed by atoms with Gasteiger partial charge in [-0.15, -0.1) is 0 Å². The van der Waals surface area contributed by atoms with E-state index in [1.807, 2.05) is 7.05 Å². The molecule has 0 spiro atoms. The summed E-state index contributed by atoms with van der Waals surface area (Å²) in [5.74, 6) is 0. The second-order valence-electron chi connectivity index (χ2n) is 3.99. The number of rotatable bonds is 5. The van der Waals surface area contributed by atoms with E-state index < -0.39 is 21.8 Å². The van der Waals surface area contributed by atoms with Crippen LogP contribution in [0.3, 0.4) is 0 Å². The molecule has 0 radical (unpaired) electrons. The highest BCUT2D eigenvalue weighted by Crippen LogP contribution is 2.27. The SMILES string of the molecule is CCCCn1cc[n+](C)c1.O=S(=O)([O-])C(F)(F)C(F)F. The van der Waals surface area contributed by atoms with E-state index in [-0.39, 0.29) is 0 Å². The van der Waals surface area contributed by atoms with Crippen molar-refractivity contribution in [3.05, 3.63) is 18.7 Å². The Labute approximate surface area is 114 Å². The van der Waals surface area contributed by atoms with Crippen molar-refractivity contribution in [3.63, 3.8) is 0 Å². The van der Waals surface area contributed by atoms with Crippen LogP contribution in [0.5, 0.6) is 0 Å². The third-order valence-corrected chi connectivity index (χ3v) is 3.03. The van der Waals surface area contributed by atoms with Crippen molar-refractivity contribution in [3.8, 4) is 0 Å². The van der Waals surface area contributed by atoms with Crippen LogP contribution in [0.15, 0.2) is 18.7 Å². The Morgan fingerprint density at radius 3 is 2.20 bits per heavy atom. The lowest BCUT2D eigenvalue weighted by Crippen LogP contribution is -2.36. The Morgan fingerprint density at radius 1 is 1.40 bits per heavy atom. The molecule has 0 bridgehead atoms. The zero-order valence-corrected chi connectivity index (χ0v) is 11.8. The molecule has 0 unspecified atom stereocenters. The summed E-state index contributed by atoms with van der Waals surface area (Å²) in [7, 11) is -4.19. The van der Waals surface area contributed by atoms with Gasteiger partial charge in [-0.3, -0.25) is 0 Å². The lowest BCUT2D eigenvalue weighted by atomic mass is 10.3. The topological polar surface area (TPSA) is 66.0 Å². The third kappa shape index (κ3) is 5.87. The van der Waals surface area contributed by atoms with Gasteiger partial charge in [-0.05, 0) is 6.42 Å². The molecule has 20 heavy (non-hydrogen) atoms. The first kappa shape index (κ1) is 18.8. The summed E-state index contributed by atoms with van der Waals surface area (Å²) in [6, 6.07) is 0. The van der Waals surface area contributed by atoms with Gasteiger partial charge in [-0.1, -0.05) is 13.3 Å². The molecule has 1 heterocycles. The second kappa shape index (κ2) is 7.58. The molecule has 0 aliphatic carbocycles. The monoisotopic (exact) mass is 320 g/mol. The van der Waals surface area contributed by atoms with Crippen molar-refractivity contribution in [2.24, 2.45) is 7.05 Å². The van der Waals surface area contributed by atoms with Gasteiger partial charge in [-0.2, -0.15) is 8.78 Å². The first-order chi connectivity index (χ1) is 9.02. The Morgan fingerprint density at radius 2 is 1.95 bits per heavy atom. The van der Waals surface area contributed by atoms with Gasteiger partial charge in [0.15, 0.2) is 10.1 Å². The molecule has 118 valence electrons. The fraction of sp³-hybridized carbons (Fsp3) is 0.700. The van der Waals surface area contributed by atoms with E-state index >= 15 is 0 Å². The van der Waals surface area contributed by atoms with E-state index in [1.54, 1.807) is 0 Å². The minimum absolute atomic E-state index is 1.15. The number of hydrogen-bond acceptors (Lipinski definition) is 3. The van der Waals surface area contributed by atoms with Crippen molar-refractivity contribution in [2.75, 3.05) is 0 Å². The summed E-state index contributed by atoms with van der Waals surface area (Å²) in [4.78, 5) is 0. The first-order valence-corrected chi connectivity index (χ1v) is 7.05. The average molecular weight is 320 g/mol. The highest BCUT2D eigenvalue weighted by Gasteiger charge is 2.48. The van der Waals surface area contributed by atoms with E-state index in [1.165, 1.54) is 12.8 Å². The summed E-state index contributed by atoms with van der Waals surface area (Å²) in [6.07, 6.45) is 4.34. The quantitative estimate of drug-likeness (QED) is 0.469. The number of imidazole rings is 1. The van der Waals surface area contributed by atoms with Crippen LogP contribution in [0.4, 0.5) is 17.6 Å². The highest BCUT2D eigenvalue weighted by atomic mass is 32.2. The van der Waals surface area contributed by atoms with Gasteiger partial charge in [0, 0.05) is 0 Å². The van der Waals surface area contributed by atoms with Crippen molar-refractivity contribution >= 4 is 10.1 Å². The maximum absolute atomic E-state index is 11.4. The largest absolute Gasteiger partial charge is 0.743 e. The van der Waals surface area contributed by atoms with Crippen LogP contribution in [0.1, 0.15) is 19.8 Å².